The molecule has 0 saturated heterocycles. The fourth-order valence-electron chi connectivity index (χ4n) is 9.37. The summed E-state index contributed by atoms with van der Waals surface area (Å²) >= 11 is 0. The van der Waals surface area contributed by atoms with Crippen molar-refractivity contribution < 1.29 is 17.1 Å². The van der Waals surface area contributed by atoms with Crippen molar-refractivity contribution in [2.75, 3.05) is 0 Å². The minimum atomic E-state index is 0. The van der Waals surface area contributed by atoms with E-state index in [1.165, 1.54) is 0 Å². The third kappa shape index (κ3) is 5.24. The summed E-state index contributed by atoms with van der Waals surface area (Å²) in [6.45, 7) is 8.45. The number of aryl methyl sites for hydroxylation is 4. The molecule has 0 fully saturated rings. The molecule has 8 bridgehead atoms. The molecule has 2 aliphatic heterocycles. The zero-order valence-electron chi connectivity index (χ0n) is 33.5. The molecule has 11 aromatic rings. The maximum absolute atomic E-state index is 5.41. The van der Waals surface area contributed by atoms with Gasteiger partial charge in [0.2, 0.25) is 0 Å². The number of hydrogen-bond acceptors (Lipinski definition) is 6. The molecule has 0 radical (unpaired) electrons. The quantitative estimate of drug-likeness (QED) is 0.139. The van der Waals surface area contributed by atoms with Crippen LogP contribution in [-0.4, -0.2) is 29.9 Å². The van der Waals surface area contributed by atoms with Gasteiger partial charge in [0.05, 0.1) is 23.3 Å². The van der Waals surface area contributed by atoms with Crippen molar-refractivity contribution in [1.29, 1.82) is 0 Å². The van der Waals surface area contributed by atoms with Crippen molar-refractivity contribution in [3.8, 4) is 45.6 Å². The Bertz CT molecular complexity index is 3700. The Balaban J connectivity index is 0.00000399. The SMILES string of the molecule is Cc1ccc2ccc3c(c2c1)-c1nc-3nc2[n-]c(nc3nc(nc4[n-]c(n1)c1c5cc(C)ccc5ccc41)-c1ccc4ccc(C)cc4c1-3)c1c3cc(C)ccc3ccc21.[Fe+2]. The number of nitrogens with zero attached hydrogens (tertiary/aromatic N) is 8. The van der Waals surface area contributed by atoms with Gasteiger partial charge in [0.15, 0.2) is 0 Å². The Hall–Kier alpha value is -7.32. The van der Waals surface area contributed by atoms with Gasteiger partial charge in [0, 0.05) is 55.6 Å². The van der Waals surface area contributed by atoms with Crippen molar-refractivity contribution in [2.24, 2.45) is 0 Å². The van der Waals surface area contributed by atoms with Gasteiger partial charge >= 0.3 is 17.1 Å². The van der Waals surface area contributed by atoms with Crippen molar-refractivity contribution in [1.82, 2.24) is 39.9 Å². The van der Waals surface area contributed by atoms with Crippen LogP contribution in [0.15, 0.2) is 121 Å². The first-order chi connectivity index (χ1) is 29.3. The molecule has 0 aliphatic carbocycles. The number of aromatic nitrogens is 8. The maximum atomic E-state index is 5.41. The van der Waals surface area contributed by atoms with Crippen LogP contribution in [0.4, 0.5) is 0 Å². The van der Waals surface area contributed by atoms with Gasteiger partial charge in [-0.05, 0) is 81.6 Å². The van der Waals surface area contributed by atoms with Crippen LogP contribution in [0, 0.1) is 27.7 Å². The van der Waals surface area contributed by atoms with Crippen LogP contribution in [0.25, 0.3) is 133 Å². The van der Waals surface area contributed by atoms with E-state index >= 15 is 0 Å². The predicted molar refractivity (Wildman–Crippen MR) is 243 cm³/mol. The summed E-state index contributed by atoms with van der Waals surface area (Å²) < 4.78 is 0. The molecule has 61 heavy (non-hydrogen) atoms. The Morgan fingerprint density at radius 1 is 0.311 bits per heavy atom. The van der Waals surface area contributed by atoms with Crippen LogP contribution in [0.5, 0.6) is 0 Å². The minimum absolute atomic E-state index is 0. The largest absolute Gasteiger partial charge is 2.00 e. The minimum Gasteiger partial charge on any atom is -0.357 e. The first-order valence-corrected chi connectivity index (χ1v) is 20.2. The van der Waals surface area contributed by atoms with Gasteiger partial charge < -0.3 is 29.9 Å². The molecular formula is C52H32FeN8. The van der Waals surface area contributed by atoms with Crippen molar-refractivity contribution in [3.05, 3.63) is 144 Å². The van der Waals surface area contributed by atoms with Crippen LogP contribution in [-0.2, 0) is 17.1 Å². The summed E-state index contributed by atoms with van der Waals surface area (Å²) in [6.07, 6.45) is 0. The van der Waals surface area contributed by atoms with E-state index in [1.807, 2.05) is 0 Å². The first-order valence-electron chi connectivity index (χ1n) is 20.2. The van der Waals surface area contributed by atoms with E-state index in [0.29, 0.717) is 45.9 Å². The zero-order chi connectivity index (χ0) is 40.0. The molecule has 0 unspecified atom stereocenters. The Morgan fingerprint density at radius 3 is 1.05 bits per heavy atom. The topological polar surface area (TPSA) is 106 Å². The average molecular weight is 825 g/mol. The molecular weight excluding hydrogens is 792 g/mol. The molecule has 0 saturated carbocycles. The van der Waals surface area contributed by atoms with Gasteiger partial charge in [-0.2, -0.15) is 0 Å². The molecule has 288 valence electrons. The summed E-state index contributed by atoms with van der Waals surface area (Å²) in [6, 6.07) is 42.9. The van der Waals surface area contributed by atoms with E-state index < -0.39 is 0 Å². The van der Waals surface area contributed by atoms with Crippen molar-refractivity contribution >= 4 is 87.2 Å². The molecule has 0 spiro atoms. The van der Waals surface area contributed by atoms with Crippen LogP contribution < -0.4 is 9.97 Å². The number of rotatable bonds is 0. The summed E-state index contributed by atoms with van der Waals surface area (Å²) in [5, 5.41) is 12.2. The smallest absolute Gasteiger partial charge is 0.357 e. The van der Waals surface area contributed by atoms with Gasteiger partial charge in [-0.3, -0.25) is 0 Å². The van der Waals surface area contributed by atoms with Gasteiger partial charge in [-0.1, -0.05) is 144 Å². The summed E-state index contributed by atoms with van der Waals surface area (Å²) in [4.78, 5) is 42.5. The monoisotopic (exact) mass is 824 g/mol. The normalized spacial score (nSPS) is 12.1. The van der Waals surface area contributed by atoms with Crippen LogP contribution in [0.2, 0.25) is 0 Å². The van der Waals surface area contributed by atoms with E-state index in [1.54, 1.807) is 0 Å². The maximum Gasteiger partial charge on any atom is 2.00 e. The summed E-state index contributed by atoms with van der Waals surface area (Å²) in [5.41, 5.74) is 10.4. The van der Waals surface area contributed by atoms with Crippen LogP contribution in [0.3, 0.4) is 0 Å². The molecule has 13 rings (SSSR count). The molecule has 8 aromatic carbocycles. The molecule has 0 atom stereocenters. The van der Waals surface area contributed by atoms with Gasteiger partial charge in [-0.15, -0.1) is 0 Å². The van der Waals surface area contributed by atoms with E-state index in [9.17, 15) is 0 Å². The molecule has 9 heteroatoms. The summed E-state index contributed by atoms with van der Waals surface area (Å²) in [5.74, 6) is 2.17. The fraction of sp³-hybridized carbons (Fsp3) is 0.0769. The fourth-order valence-corrected chi connectivity index (χ4v) is 9.37. The van der Waals surface area contributed by atoms with E-state index in [-0.39, 0.29) is 17.1 Å². The second kappa shape index (κ2) is 12.8. The van der Waals surface area contributed by atoms with Gasteiger partial charge in [0.25, 0.3) is 0 Å². The Kier molecular flexibility index (Phi) is 7.50. The van der Waals surface area contributed by atoms with E-state index in [0.717, 1.165) is 109 Å². The van der Waals surface area contributed by atoms with Gasteiger partial charge in [0.1, 0.15) is 0 Å². The molecule has 0 amide bonds. The summed E-state index contributed by atoms with van der Waals surface area (Å²) in [7, 11) is 0. The molecule has 0 N–H and O–H groups in total. The second-order valence-electron chi connectivity index (χ2n) is 16.3. The Morgan fingerprint density at radius 2 is 0.639 bits per heavy atom. The van der Waals surface area contributed by atoms with Gasteiger partial charge in [-0.25, -0.2) is 9.97 Å². The predicted octanol–water partition coefficient (Wildman–Crippen LogP) is 12.0. The van der Waals surface area contributed by atoms with E-state index in [4.69, 9.17) is 39.9 Å². The van der Waals surface area contributed by atoms with Crippen LogP contribution >= 0.6 is 0 Å². The first kappa shape index (κ1) is 35.6. The molecule has 8 nitrogen and oxygen atoms in total. The molecule has 5 heterocycles. The third-order valence-corrected chi connectivity index (χ3v) is 12.3. The number of fused-ring (bicyclic) bond motifs is 28. The standard InChI is InChI=1S/C52H32N8.Fe/c1-25-5-9-29-13-17-33-41(37(29)21-25)49-55-45(33)53-46-35-19-15-31-11-7-27(3)23-39(31)43(35)51(57-46)60-52-44-36(20-16-32-12-8-28(4)24-40(32)44)48(58-52)54-47-34-18-14-30-10-6-26(2)22-38(30)42(34)50(56-47)59-49;/h5-24H,1-4H3;/q-2;+2. The molecule has 3 aromatic heterocycles. The average Bonchev–Trinajstić information content (AvgIpc) is 3.99. The zero-order valence-corrected chi connectivity index (χ0v) is 34.6. The second-order valence-corrected chi connectivity index (χ2v) is 16.3. The number of benzene rings is 8. The van der Waals surface area contributed by atoms with E-state index in [2.05, 4.69) is 149 Å². The molecule has 2 aliphatic rings. The van der Waals surface area contributed by atoms with Crippen LogP contribution in [0.1, 0.15) is 22.3 Å². The number of hydrogen-bond donors (Lipinski definition) is 0. The van der Waals surface area contributed by atoms with Crippen molar-refractivity contribution in [2.45, 2.75) is 27.7 Å². The third-order valence-electron chi connectivity index (χ3n) is 12.3. The van der Waals surface area contributed by atoms with Crippen molar-refractivity contribution in [3.63, 3.8) is 0 Å². The Labute approximate surface area is 359 Å².